The van der Waals surface area contributed by atoms with Gasteiger partial charge in [0, 0.05) is 12.6 Å². The second kappa shape index (κ2) is 3.25. The summed E-state index contributed by atoms with van der Waals surface area (Å²) in [7, 11) is 2.23. The van der Waals surface area contributed by atoms with Gasteiger partial charge in [0.15, 0.2) is 0 Å². The minimum absolute atomic E-state index is 0.362. The molecule has 1 aliphatic heterocycles. The molecule has 0 amide bonds. The standard InChI is InChI=1S/C11H21NO/c1-7(2)13-8(3)11-10-5-9(10)6-12(11)4/h7-11H,5-6H2,1-4H3/t8?,9-,10-,11+/m0/s1. The Labute approximate surface area is 81.3 Å². The molecule has 0 aromatic heterocycles. The number of nitrogens with zero attached hydrogens (tertiary/aromatic N) is 1. The van der Waals surface area contributed by atoms with E-state index in [-0.39, 0.29) is 0 Å². The van der Waals surface area contributed by atoms with Crippen LogP contribution in [0.25, 0.3) is 0 Å². The van der Waals surface area contributed by atoms with Crippen molar-refractivity contribution in [3.05, 3.63) is 0 Å². The van der Waals surface area contributed by atoms with Crippen LogP contribution in [-0.4, -0.2) is 36.7 Å². The summed E-state index contributed by atoms with van der Waals surface area (Å²) in [6, 6.07) is 0.687. The van der Waals surface area contributed by atoms with Crippen molar-refractivity contribution in [2.24, 2.45) is 11.8 Å². The van der Waals surface area contributed by atoms with Crippen molar-refractivity contribution < 1.29 is 4.74 Å². The van der Waals surface area contributed by atoms with Crippen LogP contribution in [-0.2, 0) is 4.74 Å². The molecule has 76 valence electrons. The third-order valence-electron chi connectivity index (χ3n) is 3.42. The zero-order valence-corrected chi connectivity index (χ0v) is 9.16. The Morgan fingerprint density at radius 3 is 2.46 bits per heavy atom. The fourth-order valence-electron chi connectivity index (χ4n) is 2.93. The van der Waals surface area contributed by atoms with Gasteiger partial charge in [0.2, 0.25) is 0 Å². The Hall–Kier alpha value is -0.0800. The van der Waals surface area contributed by atoms with Gasteiger partial charge in [0.25, 0.3) is 0 Å². The number of likely N-dealkylation sites (N-methyl/N-ethyl adjacent to an activating group) is 1. The van der Waals surface area contributed by atoms with E-state index in [1.165, 1.54) is 13.0 Å². The lowest BCUT2D eigenvalue weighted by Gasteiger charge is -2.30. The van der Waals surface area contributed by atoms with Crippen molar-refractivity contribution in [2.75, 3.05) is 13.6 Å². The third kappa shape index (κ3) is 1.75. The highest BCUT2D eigenvalue weighted by molar-refractivity contribution is 5.05. The summed E-state index contributed by atoms with van der Waals surface area (Å²) in [5.74, 6) is 1.94. The van der Waals surface area contributed by atoms with Crippen molar-refractivity contribution in [1.82, 2.24) is 4.90 Å². The molecule has 0 aromatic carbocycles. The normalized spacial score (nSPS) is 40.8. The maximum absolute atomic E-state index is 5.86. The highest BCUT2D eigenvalue weighted by atomic mass is 16.5. The molecule has 2 aliphatic rings. The summed E-state index contributed by atoms with van der Waals surface area (Å²) in [4.78, 5) is 2.48. The van der Waals surface area contributed by atoms with Crippen molar-refractivity contribution in [3.8, 4) is 0 Å². The third-order valence-corrected chi connectivity index (χ3v) is 3.42. The minimum Gasteiger partial charge on any atom is -0.374 e. The highest BCUT2D eigenvalue weighted by Crippen LogP contribution is 2.50. The smallest absolute Gasteiger partial charge is 0.0708 e. The number of hydrogen-bond donors (Lipinski definition) is 0. The summed E-state index contributed by atoms with van der Waals surface area (Å²) in [5, 5.41) is 0. The van der Waals surface area contributed by atoms with Crippen LogP contribution in [0, 0.1) is 11.8 Å². The number of piperidine rings is 1. The molecular weight excluding hydrogens is 162 g/mol. The van der Waals surface area contributed by atoms with E-state index in [1.54, 1.807) is 0 Å². The monoisotopic (exact) mass is 183 g/mol. The quantitative estimate of drug-likeness (QED) is 0.661. The van der Waals surface area contributed by atoms with Crippen LogP contribution in [0.15, 0.2) is 0 Å². The molecule has 2 nitrogen and oxygen atoms in total. The molecule has 2 rings (SSSR count). The molecule has 1 aliphatic carbocycles. The Balaban J connectivity index is 1.91. The zero-order chi connectivity index (χ0) is 9.59. The van der Waals surface area contributed by atoms with Crippen molar-refractivity contribution in [1.29, 1.82) is 0 Å². The van der Waals surface area contributed by atoms with Crippen LogP contribution in [0.5, 0.6) is 0 Å². The van der Waals surface area contributed by atoms with Crippen LogP contribution >= 0.6 is 0 Å². The summed E-state index contributed by atoms with van der Waals surface area (Å²) in [5.41, 5.74) is 0. The maximum Gasteiger partial charge on any atom is 0.0708 e. The number of likely N-dealkylation sites (tertiary alicyclic amines) is 1. The van der Waals surface area contributed by atoms with Gasteiger partial charge >= 0.3 is 0 Å². The van der Waals surface area contributed by atoms with Crippen LogP contribution < -0.4 is 0 Å². The van der Waals surface area contributed by atoms with Gasteiger partial charge in [-0.05, 0) is 46.1 Å². The molecule has 4 atom stereocenters. The minimum atomic E-state index is 0.362. The van der Waals surface area contributed by atoms with E-state index in [1.807, 2.05) is 0 Å². The molecule has 1 heterocycles. The molecule has 0 N–H and O–H groups in total. The average Bonchev–Trinajstić information content (AvgIpc) is 2.60. The Kier molecular flexibility index (Phi) is 2.37. The lowest BCUT2D eigenvalue weighted by atomic mass is 10.1. The molecule has 0 spiro atoms. The molecule has 2 fully saturated rings. The van der Waals surface area contributed by atoms with Crippen LogP contribution in [0.1, 0.15) is 27.2 Å². The first kappa shape index (κ1) is 9.47. The summed E-state index contributed by atoms with van der Waals surface area (Å²) >= 11 is 0. The molecule has 0 aromatic rings. The van der Waals surface area contributed by atoms with Gasteiger partial charge in [-0.1, -0.05) is 0 Å². The lowest BCUT2D eigenvalue weighted by molar-refractivity contribution is -0.0271. The van der Waals surface area contributed by atoms with Crippen molar-refractivity contribution >= 4 is 0 Å². The molecule has 1 saturated heterocycles. The molecule has 1 saturated carbocycles. The molecule has 13 heavy (non-hydrogen) atoms. The van der Waals surface area contributed by atoms with Gasteiger partial charge in [-0.15, -0.1) is 0 Å². The van der Waals surface area contributed by atoms with E-state index in [2.05, 4.69) is 32.7 Å². The predicted octanol–water partition coefficient (Wildman–Crippen LogP) is 1.75. The summed E-state index contributed by atoms with van der Waals surface area (Å²) in [6.45, 7) is 7.76. The van der Waals surface area contributed by atoms with E-state index in [0.29, 0.717) is 18.2 Å². The van der Waals surface area contributed by atoms with E-state index in [4.69, 9.17) is 4.74 Å². The molecule has 0 radical (unpaired) electrons. The molecule has 1 unspecified atom stereocenters. The number of hydrogen-bond acceptors (Lipinski definition) is 2. The number of rotatable bonds is 3. The van der Waals surface area contributed by atoms with Crippen LogP contribution in [0.3, 0.4) is 0 Å². The van der Waals surface area contributed by atoms with E-state index >= 15 is 0 Å². The van der Waals surface area contributed by atoms with Crippen LogP contribution in [0.2, 0.25) is 0 Å². The first-order valence-electron chi connectivity index (χ1n) is 5.45. The van der Waals surface area contributed by atoms with E-state index in [0.717, 1.165) is 11.8 Å². The number of ether oxygens (including phenoxy) is 1. The molecular formula is C11H21NO. The van der Waals surface area contributed by atoms with Crippen molar-refractivity contribution in [3.63, 3.8) is 0 Å². The largest absolute Gasteiger partial charge is 0.374 e. The first-order chi connectivity index (χ1) is 6.09. The van der Waals surface area contributed by atoms with Gasteiger partial charge in [0.05, 0.1) is 12.2 Å². The lowest BCUT2D eigenvalue weighted by Crippen LogP contribution is -2.40. The number of fused-ring (bicyclic) bond motifs is 1. The van der Waals surface area contributed by atoms with Gasteiger partial charge < -0.3 is 9.64 Å². The van der Waals surface area contributed by atoms with Crippen molar-refractivity contribution in [2.45, 2.75) is 45.4 Å². The second-order valence-corrected chi connectivity index (χ2v) is 4.98. The van der Waals surface area contributed by atoms with Gasteiger partial charge in [-0.2, -0.15) is 0 Å². The first-order valence-corrected chi connectivity index (χ1v) is 5.45. The van der Waals surface area contributed by atoms with E-state index in [9.17, 15) is 0 Å². The van der Waals surface area contributed by atoms with Crippen LogP contribution in [0.4, 0.5) is 0 Å². The second-order valence-electron chi connectivity index (χ2n) is 4.98. The maximum atomic E-state index is 5.86. The molecule has 2 heteroatoms. The predicted molar refractivity (Wildman–Crippen MR) is 53.7 cm³/mol. The Morgan fingerprint density at radius 2 is 2.00 bits per heavy atom. The topological polar surface area (TPSA) is 12.5 Å². The van der Waals surface area contributed by atoms with Gasteiger partial charge in [-0.3, -0.25) is 0 Å². The zero-order valence-electron chi connectivity index (χ0n) is 9.16. The Bertz CT molecular complexity index is 191. The SMILES string of the molecule is CC(C)OC(C)[C@@H]1[C@H]2C[C@H]2CN1C. The Morgan fingerprint density at radius 1 is 1.31 bits per heavy atom. The average molecular weight is 183 g/mol. The summed E-state index contributed by atoms with van der Waals surface area (Å²) < 4.78 is 5.86. The van der Waals surface area contributed by atoms with Gasteiger partial charge in [-0.25, -0.2) is 0 Å². The summed E-state index contributed by atoms with van der Waals surface area (Å²) in [6.07, 6.45) is 2.21. The fourth-order valence-corrected chi connectivity index (χ4v) is 2.93. The van der Waals surface area contributed by atoms with Gasteiger partial charge in [0.1, 0.15) is 0 Å². The fraction of sp³-hybridized carbons (Fsp3) is 1.00. The molecule has 0 bridgehead atoms. The highest BCUT2D eigenvalue weighted by Gasteiger charge is 2.53. The van der Waals surface area contributed by atoms with E-state index < -0.39 is 0 Å².